The van der Waals surface area contributed by atoms with Crippen LogP contribution in [0.5, 0.6) is 0 Å². The molecule has 0 unspecified atom stereocenters. The van der Waals surface area contributed by atoms with E-state index < -0.39 is 0 Å². The van der Waals surface area contributed by atoms with Gasteiger partial charge in [-0.05, 0) is 50.4 Å². The van der Waals surface area contributed by atoms with E-state index in [9.17, 15) is 0 Å². The van der Waals surface area contributed by atoms with Crippen molar-refractivity contribution in [2.75, 3.05) is 31.1 Å². The Bertz CT molecular complexity index is 996. The van der Waals surface area contributed by atoms with E-state index in [0.29, 0.717) is 11.6 Å². The van der Waals surface area contributed by atoms with Gasteiger partial charge in [0.05, 0.1) is 11.4 Å². The van der Waals surface area contributed by atoms with Gasteiger partial charge in [0.15, 0.2) is 0 Å². The molecule has 0 atom stereocenters. The number of nitrogens with zero attached hydrogens (tertiary/aromatic N) is 4. The maximum absolute atomic E-state index is 5.86. The first-order chi connectivity index (χ1) is 19.1. The summed E-state index contributed by atoms with van der Waals surface area (Å²) in [6, 6.07) is 0. The monoisotopic (exact) mass is 552 g/mol. The lowest BCUT2D eigenvalue weighted by Crippen LogP contribution is -2.18. The van der Waals surface area contributed by atoms with Crippen LogP contribution in [-0.2, 0) is 12.8 Å². The second-order valence-corrected chi connectivity index (χ2v) is 10.2. The van der Waals surface area contributed by atoms with Crippen LogP contribution in [0.4, 0.5) is 11.6 Å². The fraction of sp³-hybridized carbons (Fsp3) is 0.625. The van der Waals surface area contributed by atoms with E-state index >= 15 is 0 Å². The first-order valence-corrected chi connectivity index (χ1v) is 15.1. The molecule has 2 heterocycles. The minimum absolute atomic E-state index is 0. The van der Waals surface area contributed by atoms with E-state index in [1.54, 1.807) is 6.33 Å². The van der Waals surface area contributed by atoms with Gasteiger partial charge in [-0.15, -0.1) is 0 Å². The minimum Gasteiger partial charge on any atom is -0.383 e. The highest BCUT2D eigenvalue weighted by atomic mass is 14.9. The van der Waals surface area contributed by atoms with Crippen LogP contribution in [0.25, 0.3) is 11.6 Å². The molecule has 0 aliphatic heterocycles. The molecule has 4 rings (SSSR count). The van der Waals surface area contributed by atoms with Crippen LogP contribution in [0.2, 0.25) is 0 Å². The molecular formula is C32H56N8. The molecule has 224 valence electrons. The highest BCUT2D eigenvalue weighted by Crippen LogP contribution is 2.27. The number of rotatable bonds is 15. The zero-order valence-corrected chi connectivity index (χ0v) is 24.4. The summed E-state index contributed by atoms with van der Waals surface area (Å²) in [6.07, 6.45) is 27.1. The lowest BCUT2D eigenvalue weighted by molar-refractivity contribution is 0.586. The van der Waals surface area contributed by atoms with Gasteiger partial charge < -0.3 is 22.5 Å². The molecule has 8 nitrogen and oxygen atoms in total. The van der Waals surface area contributed by atoms with Gasteiger partial charge in [0.1, 0.15) is 24.3 Å². The van der Waals surface area contributed by atoms with Crippen molar-refractivity contribution in [3.8, 4) is 0 Å². The fourth-order valence-corrected chi connectivity index (χ4v) is 4.64. The van der Waals surface area contributed by atoms with Crippen molar-refractivity contribution in [2.24, 2.45) is 5.73 Å². The van der Waals surface area contributed by atoms with Gasteiger partial charge in [-0.3, -0.25) is 0 Å². The molecule has 2 aliphatic carbocycles. The summed E-state index contributed by atoms with van der Waals surface area (Å²) in [5, 5.41) is 3.51. The second-order valence-electron chi connectivity index (χ2n) is 10.2. The molecular weight excluding hydrogens is 496 g/mol. The Hall–Kier alpha value is -2.84. The molecule has 7 N–H and O–H groups in total. The number of unbranched alkanes of at least 4 members (excludes halogenated alkanes) is 10. The van der Waals surface area contributed by atoms with E-state index in [1.165, 1.54) is 89.0 Å². The molecule has 0 amide bonds. The highest BCUT2D eigenvalue weighted by Gasteiger charge is 2.17. The van der Waals surface area contributed by atoms with Gasteiger partial charge in [-0.2, -0.15) is 0 Å². The van der Waals surface area contributed by atoms with E-state index in [1.807, 2.05) is 12.2 Å². The van der Waals surface area contributed by atoms with E-state index in [4.69, 9.17) is 17.2 Å². The van der Waals surface area contributed by atoms with E-state index in [0.717, 1.165) is 55.0 Å². The smallest absolute Gasteiger partial charge is 0.130 e. The Balaban J connectivity index is 0.000000335. The average Bonchev–Trinajstić information content (AvgIpc) is 3.60. The third-order valence-electron chi connectivity index (χ3n) is 7.03. The fourth-order valence-electron chi connectivity index (χ4n) is 4.64. The van der Waals surface area contributed by atoms with Crippen molar-refractivity contribution in [2.45, 2.75) is 111 Å². The van der Waals surface area contributed by atoms with Crippen LogP contribution >= 0.6 is 0 Å². The van der Waals surface area contributed by atoms with Gasteiger partial charge in [0.25, 0.3) is 0 Å². The molecule has 8 heteroatoms. The number of hydrogen-bond donors (Lipinski definition) is 4. The molecule has 0 aromatic carbocycles. The summed E-state index contributed by atoms with van der Waals surface area (Å²) in [5.74, 6) is 1.23. The van der Waals surface area contributed by atoms with Crippen molar-refractivity contribution < 1.29 is 0 Å². The number of nitrogens with two attached hydrogens (primary N) is 3. The Kier molecular flexibility index (Phi) is 19.3. The predicted molar refractivity (Wildman–Crippen MR) is 173 cm³/mol. The molecule has 0 bridgehead atoms. The molecule has 0 spiro atoms. The average molecular weight is 553 g/mol. The Morgan fingerprint density at radius 2 is 1.32 bits per heavy atom. The number of nitrogen functional groups attached to an aromatic ring is 2. The third kappa shape index (κ3) is 13.0. The summed E-state index contributed by atoms with van der Waals surface area (Å²) in [5.41, 5.74) is 22.2. The number of fused-ring (bicyclic) bond motifs is 2. The van der Waals surface area contributed by atoms with Crippen LogP contribution in [0.15, 0.2) is 24.8 Å². The number of nitrogens with one attached hydrogen (secondary N) is 1. The Morgan fingerprint density at radius 3 is 1.98 bits per heavy atom. The van der Waals surface area contributed by atoms with Crippen LogP contribution in [0, 0.1) is 0 Å². The Labute approximate surface area is 243 Å². The molecule has 2 aromatic rings. The molecule has 2 aromatic heterocycles. The zero-order chi connectivity index (χ0) is 28.1. The summed E-state index contributed by atoms with van der Waals surface area (Å²) in [6.45, 7) is 7.33. The Morgan fingerprint density at radius 1 is 0.725 bits per heavy atom. The summed E-state index contributed by atoms with van der Waals surface area (Å²) >= 11 is 0. The van der Waals surface area contributed by atoms with Crippen LogP contribution in [0.1, 0.15) is 121 Å². The third-order valence-corrected chi connectivity index (χ3v) is 7.03. The van der Waals surface area contributed by atoms with Crippen LogP contribution in [0.3, 0.4) is 0 Å². The molecule has 2 aliphatic rings. The van der Waals surface area contributed by atoms with Crippen molar-refractivity contribution in [1.82, 2.24) is 25.3 Å². The summed E-state index contributed by atoms with van der Waals surface area (Å²) < 4.78 is 0. The van der Waals surface area contributed by atoms with Gasteiger partial charge in [0, 0.05) is 17.7 Å². The maximum Gasteiger partial charge on any atom is 0.130 e. The summed E-state index contributed by atoms with van der Waals surface area (Å²) in [7, 11) is 0. The lowest BCUT2D eigenvalue weighted by Gasteiger charge is -2.07. The molecule has 0 saturated carbocycles. The zero-order valence-electron chi connectivity index (χ0n) is 24.4. The van der Waals surface area contributed by atoms with Crippen molar-refractivity contribution in [1.29, 1.82) is 0 Å². The molecule has 0 radical (unpaired) electrons. The SMILES string of the molecule is C.CCCCCCCCN.CCCCCCCCNCC1=CCc2c(N)ncnc21.Nc1ncnc2c1CC=C2. The van der Waals surface area contributed by atoms with Gasteiger partial charge in [0.2, 0.25) is 0 Å². The standard InChI is InChI=1S/C16H26N4.C8H19N.C7H7N3.CH4/c1-2-3-4-5-6-7-10-18-11-13-8-9-14-15(13)19-12-20-16(14)17;1-2-3-4-5-6-7-8-9;8-7-5-2-1-3-6(5)9-4-10-7;/h8,12,18H,2-7,9-11H2,1H3,(H2,17,19,20);2-9H2,1H3;1,3-4H,2H2,(H2,8,9,10);1H4. The molecule has 0 fully saturated rings. The number of allylic oxidation sites excluding steroid dienone is 2. The topological polar surface area (TPSA) is 142 Å². The van der Waals surface area contributed by atoms with Crippen molar-refractivity contribution in [3.05, 3.63) is 47.3 Å². The lowest BCUT2D eigenvalue weighted by atomic mass is 10.1. The second kappa shape index (κ2) is 21.9. The van der Waals surface area contributed by atoms with Crippen LogP contribution < -0.4 is 22.5 Å². The largest absolute Gasteiger partial charge is 0.383 e. The minimum atomic E-state index is 0. The quantitative estimate of drug-likeness (QED) is 0.183. The normalized spacial score (nSPS) is 12.3. The van der Waals surface area contributed by atoms with Crippen molar-refractivity contribution in [3.63, 3.8) is 0 Å². The maximum atomic E-state index is 5.86. The van der Waals surface area contributed by atoms with Gasteiger partial charge in [-0.1, -0.05) is 97.6 Å². The number of aromatic nitrogens is 4. The van der Waals surface area contributed by atoms with Gasteiger partial charge in [-0.25, -0.2) is 19.9 Å². The molecule has 40 heavy (non-hydrogen) atoms. The number of anilines is 2. The predicted octanol–water partition coefficient (Wildman–Crippen LogP) is 6.52. The van der Waals surface area contributed by atoms with E-state index in [-0.39, 0.29) is 7.43 Å². The number of hydrogen-bond acceptors (Lipinski definition) is 8. The first kappa shape index (κ1) is 35.2. The van der Waals surface area contributed by atoms with Crippen molar-refractivity contribution >= 4 is 23.3 Å². The molecule has 0 saturated heterocycles. The van der Waals surface area contributed by atoms with E-state index in [2.05, 4.69) is 45.2 Å². The summed E-state index contributed by atoms with van der Waals surface area (Å²) in [4.78, 5) is 16.3. The first-order valence-electron chi connectivity index (χ1n) is 15.1. The highest BCUT2D eigenvalue weighted by molar-refractivity contribution is 5.74. The van der Waals surface area contributed by atoms with Crippen LogP contribution in [-0.4, -0.2) is 39.6 Å². The van der Waals surface area contributed by atoms with Gasteiger partial charge >= 0.3 is 0 Å².